The average Bonchev–Trinajstić information content (AvgIpc) is 2.34. The Morgan fingerprint density at radius 1 is 1.56 bits per heavy atom. The maximum Gasteiger partial charge on any atom is 0.0839 e. The molecule has 0 N–H and O–H groups in total. The van der Waals surface area contributed by atoms with Gasteiger partial charge in [-0.2, -0.15) is 0 Å². The summed E-state index contributed by atoms with van der Waals surface area (Å²) in [5.74, 6) is 0. The van der Waals surface area contributed by atoms with Gasteiger partial charge in [-0.15, -0.1) is 0 Å². The van der Waals surface area contributed by atoms with Crippen LogP contribution in [-0.4, -0.2) is 24.6 Å². The Balaban J connectivity index is 2.05. The summed E-state index contributed by atoms with van der Waals surface area (Å²) in [7, 11) is 0. The van der Waals surface area contributed by atoms with E-state index in [9.17, 15) is 5.11 Å². The maximum absolute atomic E-state index is 10.0. The molecule has 0 saturated carbocycles. The molecular formula is C7H12NO. The molecule has 2 heteroatoms. The van der Waals surface area contributed by atoms with Crippen molar-refractivity contribution in [3.05, 3.63) is 12.3 Å². The molecule has 0 amide bonds. The molecule has 0 aromatic carbocycles. The zero-order valence-corrected chi connectivity index (χ0v) is 5.55. The lowest BCUT2D eigenvalue weighted by Crippen LogP contribution is -2.16. The molecule has 1 aliphatic rings. The zero-order valence-electron chi connectivity index (χ0n) is 5.55. The van der Waals surface area contributed by atoms with Crippen molar-refractivity contribution in [1.29, 1.82) is 0 Å². The summed E-state index contributed by atoms with van der Waals surface area (Å²) in [4.78, 5) is 2.19. The summed E-state index contributed by atoms with van der Waals surface area (Å²) in [5, 5.41) is 10.0. The molecule has 0 atom stereocenters. The first-order chi connectivity index (χ1) is 4.43. The Kier molecular flexibility index (Phi) is 2.58. The molecule has 0 bridgehead atoms. The van der Waals surface area contributed by atoms with Gasteiger partial charge in [0.05, 0.1) is 6.61 Å². The largest absolute Gasteiger partial charge is 0.377 e. The molecule has 1 aliphatic heterocycles. The highest BCUT2D eigenvalue weighted by atomic mass is 16.3. The molecule has 1 heterocycles. The van der Waals surface area contributed by atoms with Crippen molar-refractivity contribution in [3.8, 4) is 0 Å². The van der Waals surface area contributed by atoms with E-state index < -0.39 is 0 Å². The highest BCUT2D eigenvalue weighted by Crippen LogP contribution is 2.03. The summed E-state index contributed by atoms with van der Waals surface area (Å²) in [6, 6.07) is 0. The van der Waals surface area contributed by atoms with Crippen molar-refractivity contribution in [3.63, 3.8) is 0 Å². The predicted octanol–water partition coefficient (Wildman–Crippen LogP) is 1.03. The van der Waals surface area contributed by atoms with Crippen LogP contribution < -0.4 is 0 Å². The van der Waals surface area contributed by atoms with E-state index in [4.69, 9.17) is 0 Å². The van der Waals surface area contributed by atoms with Crippen LogP contribution in [0, 0.1) is 0 Å². The van der Waals surface area contributed by atoms with Crippen LogP contribution in [-0.2, 0) is 5.11 Å². The van der Waals surface area contributed by atoms with Crippen molar-refractivity contribution >= 4 is 0 Å². The smallest absolute Gasteiger partial charge is 0.0839 e. The highest BCUT2D eigenvalue weighted by Gasteiger charge is 2.01. The van der Waals surface area contributed by atoms with Crippen LogP contribution in [0.5, 0.6) is 0 Å². The fourth-order valence-electron chi connectivity index (χ4n) is 0.992. The van der Waals surface area contributed by atoms with Crippen LogP contribution in [0.25, 0.3) is 0 Å². The van der Waals surface area contributed by atoms with Gasteiger partial charge in [-0.1, -0.05) is 6.08 Å². The normalized spacial score (nSPS) is 17.2. The fraction of sp³-hybridized carbons (Fsp3) is 0.714. The standard InChI is InChI=1S/C7H12NO/c9-7-3-6-8-4-1-2-5-8/h1,4H,2-3,5-7H2. The Morgan fingerprint density at radius 3 is 3.00 bits per heavy atom. The summed E-state index contributed by atoms with van der Waals surface area (Å²) in [6.45, 7) is 2.12. The van der Waals surface area contributed by atoms with Crippen LogP contribution in [0.2, 0.25) is 0 Å². The highest BCUT2D eigenvalue weighted by molar-refractivity contribution is 4.90. The predicted molar refractivity (Wildman–Crippen MR) is 35.5 cm³/mol. The lowest BCUT2D eigenvalue weighted by Gasteiger charge is -2.12. The molecule has 2 nitrogen and oxygen atoms in total. The second-order valence-corrected chi connectivity index (χ2v) is 2.27. The van der Waals surface area contributed by atoms with E-state index in [0.717, 1.165) is 25.9 Å². The van der Waals surface area contributed by atoms with Crippen molar-refractivity contribution in [2.75, 3.05) is 19.7 Å². The number of rotatable bonds is 3. The summed E-state index contributed by atoms with van der Waals surface area (Å²) in [5.41, 5.74) is 0. The van der Waals surface area contributed by atoms with Gasteiger partial charge in [0.2, 0.25) is 0 Å². The summed E-state index contributed by atoms with van der Waals surface area (Å²) < 4.78 is 0. The van der Waals surface area contributed by atoms with E-state index in [0.29, 0.717) is 0 Å². The topological polar surface area (TPSA) is 23.1 Å². The quantitative estimate of drug-likeness (QED) is 0.553. The second kappa shape index (κ2) is 3.51. The zero-order chi connectivity index (χ0) is 6.53. The number of hydrogen-bond donors (Lipinski definition) is 0. The van der Waals surface area contributed by atoms with Gasteiger partial charge in [-0.3, -0.25) is 0 Å². The third-order valence-electron chi connectivity index (χ3n) is 1.49. The van der Waals surface area contributed by atoms with E-state index in [1.165, 1.54) is 0 Å². The Labute approximate surface area is 55.8 Å². The minimum Gasteiger partial charge on any atom is -0.377 e. The fourth-order valence-corrected chi connectivity index (χ4v) is 0.992. The average molecular weight is 126 g/mol. The Morgan fingerprint density at radius 2 is 2.44 bits per heavy atom. The van der Waals surface area contributed by atoms with Gasteiger partial charge in [0.25, 0.3) is 0 Å². The lowest BCUT2D eigenvalue weighted by molar-refractivity contribution is 0.178. The van der Waals surface area contributed by atoms with E-state index in [-0.39, 0.29) is 6.61 Å². The van der Waals surface area contributed by atoms with Crippen molar-refractivity contribution in [1.82, 2.24) is 4.90 Å². The van der Waals surface area contributed by atoms with Gasteiger partial charge < -0.3 is 4.90 Å². The van der Waals surface area contributed by atoms with Crippen molar-refractivity contribution in [2.24, 2.45) is 0 Å². The Hall–Kier alpha value is -0.500. The van der Waals surface area contributed by atoms with Gasteiger partial charge in [0, 0.05) is 13.1 Å². The lowest BCUT2D eigenvalue weighted by atomic mass is 10.4. The maximum atomic E-state index is 10.0. The SMILES string of the molecule is [O]CCCN1C=CCC1. The van der Waals surface area contributed by atoms with Gasteiger partial charge in [-0.05, 0) is 19.0 Å². The third kappa shape index (κ3) is 2.06. The molecule has 0 spiro atoms. The van der Waals surface area contributed by atoms with Crippen LogP contribution in [0.1, 0.15) is 12.8 Å². The second-order valence-electron chi connectivity index (χ2n) is 2.27. The number of nitrogens with zero attached hydrogens (tertiary/aromatic N) is 1. The third-order valence-corrected chi connectivity index (χ3v) is 1.49. The molecule has 9 heavy (non-hydrogen) atoms. The van der Waals surface area contributed by atoms with E-state index in [1.807, 2.05) is 0 Å². The summed E-state index contributed by atoms with van der Waals surface area (Å²) in [6.07, 6.45) is 6.16. The molecular weight excluding hydrogens is 114 g/mol. The van der Waals surface area contributed by atoms with Gasteiger partial charge in [0.1, 0.15) is 0 Å². The number of hydrogen-bond acceptors (Lipinski definition) is 1. The minimum atomic E-state index is 0.0599. The van der Waals surface area contributed by atoms with Gasteiger partial charge >= 0.3 is 0 Å². The van der Waals surface area contributed by atoms with E-state index in [2.05, 4.69) is 17.2 Å². The molecule has 1 rings (SSSR count). The molecule has 51 valence electrons. The van der Waals surface area contributed by atoms with Crippen LogP contribution in [0.4, 0.5) is 0 Å². The monoisotopic (exact) mass is 126 g/mol. The first kappa shape index (κ1) is 6.62. The van der Waals surface area contributed by atoms with Gasteiger partial charge in [0.15, 0.2) is 0 Å². The first-order valence-corrected chi connectivity index (χ1v) is 3.42. The van der Waals surface area contributed by atoms with Crippen LogP contribution in [0.15, 0.2) is 12.3 Å². The van der Waals surface area contributed by atoms with Crippen LogP contribution in [0.3, 0.4) is 0 Å². The minimum absolute atomic E-state index is 0.0599. The van der Waals surface area contributed by atoms with Crippen molar-refractivity contribution < 1.29 is 5.11 Å². The molecule has 0 aromatic rings. The molecule has 0 saturated heterocycles. The molecule has 0 aromatic heterocycles. The Bertz CT molecular complexity index is 101. The van der Waals surface area contributed by atoms with E-state index in [1.54, 1.807) is 0 Å². The van der Waals surface area contributed by atoms with Gasteiger partial charge in [-0.25, -0.2) is 5.11 Å². The molecule has 0 fully saturated rings. The first-order valence-electron chi connectivity index (χ1n) is 3.42. The summed E-state index contributed by atoms with van der Waals surface area (Å²) >= 11 is 0. The molecule has 0 aliphatic carbocycles. The molecule has 0 unspecified atom stereocenters. The van der Waals surface area contributed by atoms with Crippen molar-refractivity contribution in [2.45, 2.75) is 12.8 Å². The van der Waals surface area contributed by atoms with E-state index >= 15 is 0 Å². The van der Waals surface area contributed by atoms with Crippen LogP contribution >= 0.6 is 0 Å². The molecule has 1 radical (unpaired) electrons.